The maximum Gasteiger partial charge on any atom is 0.0527 e. The van der Waals surface area contributed by atoms with Crippen molar-refractivity contribution in [3.8, 4) is 0 Å². The zero-order valence-corrected chi connectivity index (χ0v) is 10.7. The number of aryl methyl sites for hydroxylation is 1. The molecule has 1 saturated carbocycles. The lowest BCUT2D eigenvalue weighted by Gasteiger charge is -2.34. The predicted molar refractivity (Wildman–Crippen MR) is 68.6 cm³/mol. The fraction of sp³-hybridized carbons (Fsp3) is 0.571. The maximum absolute atomic E-state index is 3.52. The molecule has 1 aliphatic rings. The molecular weight excluding hydrogens is 196 g/mol. The van der Waals surface area contributed by atoms with E-state index in [1.165, 1.54) is 24.0 Å². The molecule has 0 radical (unpaired) electrons. The van der Waals surface area contributed by atoms with Gasteiger partial charge in [0.15, 0.2) is 0 Å². The minimum atomic E-state index is 0.301. The number of likely N-dealkylation sites (N-methyl/N-ethyl adjacent to an activating group) is 2. The summed E-state index contributed by atoms with van der Waals surface area (Å²) in [4.78, 5) is 2.34. The van der Waals surface area contributed by atoms with Crippen LogP contribution in [0.5, 0.6) is 0 Å². The lowest BCUT2D eigenvalue weighted by Crippen LogP contribution is -2.42. The van der Waals surface area contributed by atoms with Crippen molar-refractivity contribution in [3.63, 3.8) is 0 Å². The Balaban J connectivity index is 2.38. The summed E-state index contributed by atoms with van der Waals surface area (Å²) >= 11 is 0. The first-order chi connectivity index (χ1) is 7.60. The molecule has 1 atom stereocenters. The Morgan fingerprint density at radius 1 is 1.25 bits per heavy atom. The summed E-state index contributed by atoms with van der Waals surface area (Å²) in [5, 5.41) is 3.52. The van der Waals surface area contributed by atoms with Gasteiger partial charge in [-0.15, -0.1) is 0 Å². The van der Waals surface area contributed by atoms with E-state index in [0.29, 0.717) is 11.6 Å². The van der Waals surface area contributed by atoms with Crippen molar-refractivity contribution in [2.24, 2.45) is 0 Å². The standard InChI is InChI=1S/C14H22N2/c1-11-7-5-6-8-12(11)13(16(3)4)14(15-2)9-10-14/h5-8,13,15H,9-10H2,1-4H3. The van der Waals surface area contributed by atoms with Crippen molar-refractivity contribution >= 4 is 0 Å². The van der Waals surface area contributed by atoms with Gasteiger partial charge < -0.3 is 10.2 Å². The van der Waals surface area contributed by atoms with E-state index in [4.69, 9.17) is 0 Å². The second-order valence-electron chi connectivity index (χ2n) is 5.13. The molecule has 1 N–H and O–H groups in total. The lowest BCUT2D eigenvalue weighted by molar-refractivity contribution is 0.223. The van der Waals surface area contributed by atoms with Crippen LogP contribution in [0.1, 0.15) is 30.0 Å². The summed E-state index contributed by atoms with van der Waals surface area (Å²) in [6.45, 7) is 2.21. The third-order valence-corrected chi connectivity index (χ3v) is 3.81. The first kappa shape index (κ1) is 11.6. The van der Waals surface area contributed by atoms with E-state index in [-0.39, 0.29) is 0 Å². The van der Waals surface area contributed by atoms with Crippen molar-refractivity contribution in [2.45, 2.75) is 31.3 Å². The molecule has 16 heavy (non-hydrogen) atoms. The topological polar surface area (TPSA) is 15.3 Å². The van der Waals surface area contributed by atoms with E-state index in [2.05, 4.69) is 62.5 Å². The summed E-state index contributed by atoms with van der Waals surface area (Å²) in [6.07, 6.45) is 2.56. The molecule has 0 amide bonds. The van der Waals surface area contributed by atoms with Crippen LogP contribution < -0.4 is 5.32 Å². The Kier molecular flexibility index (Phi) is 3.04. The first-order valence-corrected chi connectivity index (χ1v) is 6.01. The maximum atomic E-state index is 3.52. The number of hydrogen-bond donors (Lipinski definition) is 1. The number of nitrogens with one attached hydrogen (secondary N) is 1. The summed E-state index contributed by atoms with van der Waals surface area (Å²) in [7, 11) is 6.44. The second kappa shape index (κ2) is 4.19. The van der Waals surface area contributed by atoms with E-state index in [9.17, 15) is 0 Å². The van der Waals surface area contributed by atoms with Gasteiger partial charge in [0.05, 0.1) is 6.04 Å². The predicted octanol–water partition coefficient (Wildman–Crippen LogP) is 2.35. The summed E-state index contributed by atoms with van der Waals surface area (Å²) in [6, 6.07) is 9.21. The summed E-state index contributed by atoms with van der Waals surface area (Å²) in [5.74, 6) is 0. The van der Waals surface area contributed by atoms with Gasteiger partial charge in [-0.3, -0.25) is 0 Å². The molecule has 1 fully saturated rings. The molecule has 1 aliphatic carbocycles. The Bertz CT molecular complexity index is 367. The van der Waals surface area contributed by atoms with Crippen LogP contribution in [-0.2, 0) is 0 Å². The van der Waals surface area contributed by atoms with E-state index in [1.807, 2.05) is 0 Å². The Hall–Kier alpha value is -0.860. The average Bonchev–Trinajstić information content (AvgIpc) is 3.02. The van der Waals surface area contributed by atoms with Crippen molar-refractivity contribution in [3.05, 3.63) is 35.4 Å². The van der Waals surface area contributed by atoms with E-state index >= 15 is 0 Å². The summed E-state index contributed by atoms with van der Waals surface area (Å²) in [5.41, 5.74) is 3.15. The molecule has 2 heteroatoms. The van der Waals surface area contributed by atoms with Crippen LogP contribution in [-0.4, -0.2) is 31.6 Å². The number of benzene rings is 1. The van der Waals surface area contributed by atoms with E-state index in [1.54, 1.807) is 0 Å². The van der Waals surface area contributed by atoms with Crippen LogP contribution in [0, 0.1) is 6.92 Å². The minimum Gasteiger partial charge on any atom is -0.313 e. The molecule has 2 rings (SSSR count). The smallest absolute Gasteiger partial charge is 0.0527 e. The van der Waals surface area contributed by atoms with Crippen molar-refractivity contribution in [2.75, 3.05) is 21.1 Å². The summed E-state index contributed by atoms with van der Waals surface area (Å²) < 4.78 is 0. The zero-order valence-electron chi connectivity index (χ0n) is 10.7. The minimum absolute atomic E-state index is 0.301. The van der Waals surface area contributed by atoms with Gasteiger partial charge in [0, 0.05) is 5.54 Å². The Morgan fingerprint density at radius 2 is 1.88 bits per heavy atom. The Labute approximate surface area is 98.7 Å². The molecule has 1 aromatic carbocycles. The third kappa shape index (κ3) is 1.87. The Morgan fingerprint density at radius 3 is 2.31 bits per heavy atom. The normalized spacial score (nSPS) is 19.8. The number of rotatable bonds is 4. The quantitative estimate of drug-likeness (QED) is 0.834. The number of hydrogen-bond acceptors (Lipinski definition) is 2. The fourth-order valence-electron chi connectivity index (χ4n) is 2.76. The lowest BCUT2D eigenvalue weighted by atomic mass is 9.92. The molecule has 0 spiro atoms. The van der Waals surface area contributed by atoms with Gasteiger partial charge in [-0.05, 0) is 52.0 Å². The molecule has 0 aromatic heterocycles. The SMILES string of the molecule is CNC1(C(c2ccccc2C)N(C)C)CC1. The van der Waals surface area contributed by atoms with Gasteiger partial charge in [0.2, 0.25) is 0 Å². The third-order valence-electron chi connectivity index (χ3n) is 3.81. The van der Waals surface area contributed by atoms with E-state index < -0.39 is 0 Å². The molecule has 0 saturated heterocycles. The zero-order chi connectivity index (χ0) is 11.8. The van der Waals surface area contributed by atoms with Crippen molar-refractivity contribution in [1.29, 1.82) is 0 Å². The van der Waals surface area contributed by atoms with Crippen LogP contribution in [0.2, 0.25) is 0 Å². The van der Waals surface area contributed by atoms with Crippen molar-refractivity contribution in [1.82, 2.24) is 10.2 Å². The van der Waals surface area contributed by atoms with Gasteiger partial charge in [-0.25, -0.2) is 0 Å². The highest BCUT2D eigenvalue weighted by molar-refractivity contribution is 5.33. The molecule has 0 bridgehead atoms. The molecule has 2 nitrogen and oxygen atoms in total. The van der Waals surface area contributed by atoms with Crippen LogP contribution in [0.15, 0.2) is 24.3 Å². The van der Waals surface area contributed by atoms with Crippen LogP contribution in [0.4, 0.5) is 0 Å². The van der Waals surface area contributed by atoms with Crippen LogP contribution in [0.25, 0.3) is 0 Å². The molecule has 0 aliphatic heterocycles. The van der Waals surface area contributed by atoms with Gasteiger partial charge >= 0.3 is 0 Å². The second-order valence-corrected chi connectivity index (χ2v) is 5.13. The van der Waals surface area contributed by atoms with Gasteiger partial charge in [-0.1, -0.05) is 24.3 Å². The first-order valence-electron chi connectivity index (χ1n) is 6.01. The van der Waals surface area contributed by atoms with Gasteiger partial charge in [-0.2, -0.15) is 0 Å². The average molecular weight is 218 g/mol. The molecule has 1 unspecified atom stereocenters. The molecule has 1 aromatic rings. The molecule has 0 heterocycles. The van der Waals surface area contributed by atoms with E-state index in [0.717, 1.165) is 0 Å². The van der Waals surface area contributed by atoms with Crippen LogP contribution in [0.3, 0.4) is 0 Å². The largest absolute Gasteiger partial charge is 0.313 e. The van der Waals surface area contributed by atoms with Gasteiger partial charge in [0.25, 0.3) is 0 Å². The van der Waals surface area contributed by atoms with Crippen LogP contribution >= 0.6 is 0 Å². The fourth-order valence-corrected chi connectivity index (χ4v) is 2.76. The number of nitrogens with zero attached hydrogens (tertiary/aromatic N) is 1. The molecule has 88 valence electrons. The molecular formula is C14H22N2. The monoisotopic (exact) mass is 218 g/mol. The highest BCUT2D eigenvalue weighted by atomic mass is 15.2. The van der Waals surface area contributed by atoms with Crippen molar-refractivity contribution < 1.29 is 0 Å². The van der Waals surface area contributed by atoms with Gasteiger partial charge in [0.1, 0.15) is 0 Å². The highest BCUT2D eigenvalue weighted by Gasteiger charge is 2.49. The highest BCUT2D eigenvalue weighted by Crippen LogP contribution is 2.48.